The maximum absolute atomic E-state index is 13.6. The number of aliphatic hydroxyl groups is 1. The van der Waals surface area contributed by atoms with Gasteiger partial charge >= 0.3 is 0 Å². The summed E-state index contributed by atoms with van der Waals surface area (Å²) in [4.78, 5) is 37.1. The highest BCUT2D eigenvalue weighted by Crippen LogP contribution is 2.42. The number of pyridine rings is 1. The van der Waals surface area contributed by atoms with E-state index in [0.717, 1.165) is 12.8 Å². The summed E-state index contributed by atoms with van der Waals surface area (Å²) in [5.74, 6) is -0.597. The van der Waals surface area contributed by atoms with Crippen molar-refractivity contribution in [2.75, 3.05) is 20.3 Å². The molecule has 1 atom stereocenters. The summed E-state index contributed by atoms with van der Waals surface area (Å²) >= 11 is 0. The van der Waals surface area contributed by atoms with Gasteiger partial charge in [-0.05, 0) is 49.6 Å². The molecule has 0 radical (unpaired) electrons. The number of amides is 1. The quantitative estimate of drug-likeness (QED) is 0.128. The molecule has 5 rings (SSSR count). The Hall–Kier alpha value is -4.60. The van der Waals surface area contributed by atoms with Gasteiger partial charge in [0, 0.05) is 31.7 Å². The summed E-state index contributed by atoms with van der Waals surface area (Å²) < 4.78 is 15.2. The molecule has 0 bridgehead atoms. The molecule has 1 aromatic carbocycles. The lowest BCUT2D eigenvalue weighted by atomic mass is 9.95. The van der Waals surface area contributed by atoms with Crippen LogP contribution in [-0.2, 0) is 16.1 Å². The number of unbranched alkanes of at least 4 members (excludes halogenated alkanes) is 1. The number of likely N-dealkylation sites (tertiary alicyclic amines) is 1. The van der Waals surface area contributed by atoms with Crippen LogP contribution in [0.1, 0.15) is 49.2 Å². The maximum Gasteiger partial charge on any atom is 0.295 e. The average Bonchev–Trinajstić information content (AvgIpc) is 3.66. The number of carbonyl (C=O) groups is 2. The molecule has 208 valence electrons. The minimum Gasteiger partial charge on any atom is -0.505 e. The van der Waals surface area contributed by atoms with E-state index in [4.69, 9.17) is 9.47 Å². The second-order valence-electron chi connectivity index (χ2n) is 9.73. The van der Waals surface area contributed by atoms with Crippen LogP contribution in [0.5, 0.6) is 11.5 Å². The Balaban J connectivity index is 1.59. The van der Waals surface area contributed by atoms with Crippen molar-refractivity contribution in [3.8, 4) is 11.5 Å². The van der Waals surface area contributed by atoms with Gasteiger partial charge in [-0.25, -0.2) is 9.97 Å². The summed E-state index contributed by atoms with van der Waals surface area (Å²) in [5.41, 5.74) is 2.20. The van der Waals surface area contributed by atoms with E-state index in [1.165, 1.54) is 4.90 Å². The first-order valence-corrected chi connectivity index (χ1v) is 13.4. The zero-order chi connectivity index (χ0) is 28.2. The minimum atomic E-state index is -0.824. The number of methoxy groups -OCH3 is 1. The summed E-state index contributed by atoms with van der Waals surface area (Å²) in [6, 6.07) is 10.0. The largest absolute Gasteiger partial charge is 0.505 e. The van der Waals surface area contributed by atoms with Crippen molar-refractivity contribution in [2.45, 2.75) is 45.7 Å². The monoisotopic (exact) mass is 543 g/mol. The van der Waals surface area contributed by atoms with Gasteiger partial charge in [-0.15, -0.1) is 0 Å². The van der Waals surface area contributed by atoms with Gasteiger partial charge in [-0.3, -0.25) is 14.0 Å². The van der Waals surface area contributed by atoms with E-state index in [2.05, 4.69) is 16.9 Å². The number of nitrogens with zero attached hydrogens (tertiary/aromatic N) is 5. The van der Waals surface area contributed by atoms with Crippen molar-refractivity contribution in [2.24, 2.45) is 0 Å². The fraction of sp³-hybridized carbons (Fsp3) is 0.333. The van der Waals surface area contributed by atoms with Gasteiger partial charge in [0.2, 0.25) is 0 Å². The Bertz CT molecular complexity index is 1560. The standard InChI is InChI=1S/C30H33N5O5/c1-4-5-17-40-22-11-10-21(18-23(22)39-3)27-25(28(36)26-20(2)32-24-9-6-7-14-34(24)26)29(37)30(38)35(27)15-8-13-33-16-12-31-19-33/h6-7,9-12,14,16,18-19,27,36H,4-5,8,13,15,17H2,1-3H3/b28-25+. The van der Waals surface area contributed by atoms with Crippen LogP contribution in [-0.4, -0.2) is 60.9 Å². The molecule has 10 nitrogen and oxygen atoms in total. The number of hydrogen-bond donors (Lipinski definition) is 1. The molecule has 4 heterocycles. The third kappa shape index (κ3) is 5.04. The predicted molar refractivity (Wildman–Crippen MR) is 149 cm³/mol. The Morgan fingerprint density at radius 3 is 2.67 bits per heavy atom. The minimum absolute atomic E-state index is 0.0167. The Labute approximate surface area is 232 Å². The predicted octanol–water partition coefficient (Wildman–Crippen LogP) is 4.54. The summed E-state index contributed by atoms with van der Waals surface area (Å²) in [7, 11) is 1.55. The van der Waals surface area contributed by atoms with E-state index in [-0.39, 0.29) is 11.3 Å². The first-order chi connectivity index (χ1) is 19.4. The number of fused-ring (bicyclic) bond motifs is 1. The first kappa shape index (κ1) is 27.0. The van der Waals surface area contributed by atoms with Crippen molar-refractivity contribution in [3.05, 3.63) is 83.8 Å². The number of ketones is 1. The Morgan fingerprint density at radius 1 is 1.07 bits per heavy atom. The van der Waals surface area contributed by atoms with E-state index < -0.39 is 17.7 Å². The normalized spacial score (nSPS) is 16.7. The molecular formula is C30H33N5O5. The number of ether oxygens (including phenoxy) is 2. The van der Waals surface area contributed by atoms with Gasteiger partial charge in [-0.1, -0.05) is 25.5 Å². The average molecular weight is 544 g/mol. The molecule has 1 saturated heterocycles. The number of aryl methyl sites for hydroxylation is 2. The molecule has 3 aromatic heterocycles. The fourth-order valence-corrected chi connectivity index (χ4v) is 5.13. The second kappa shape index (κ2) is 11.6. The molecule has 0 aliphatic carbocycles. The molecule has 1 aliphatic heterocycles. The lowest BCUT2D eigenvalue weighted by Gasteiger charge is -2.26. The maximum atomic E-state index is 13.6. The van der Waals surface area contributed by atoms with Gasteiger partial charge in [-0.2, -0.15) is 0 Å². The highest BCUT2D eigenvalue weighted by atomic mass is 16.5. The van der Waals surface area contributed by atoms with Crippen LogP contribution in [0.4, 0.5) is 0 Å². The number of imidazole rings is 2. The zero-order valence-electron chi connectivity index (χ0n) is 22.9. The lowest BCUT2D eigenvalue weighted by Crippen LogP contribution is -2.31. The number of carbonyl (C=O) groups excluding carboxylic acids is 2. The number of aliphatic hydroxyl groups excluding tert-OH is 1. The molecule has 0 spiro atoms. The molecule has 1 N–H and O–H groups in total. The number of Topliss-reactive ketones (excluding diaryl/α,β-unsaturated/α-hetero) is 1. The highest BCUT2D eigenvalue weighted by Gasteiger charge is 2.46. The van der Waals surface area contributed by atoms with Crippen LogP contribution in [0.3, 0.4) is 0 Å². The van der Waals surface area contributed by atoms with E-state index in [0.29, 0.717) is 60.2 Å². The summed E-state index contributed by atoms with van der Waals surface area (Å²) in [6.45, 7) is 5.32. The van der Waals surface area contributed by atoms with Crippen LogP contribution in [0.2, 0.25) is 0 Å². The van der Waals surface area contributed by atoms with Gasteiger partial charge in [0.1, 0.15) is 11.3 Å². The van der Waals surface area contributed by atoms with Crippen LogP contribution in [0, 0.1) is 6.92 Å². The number of benzene rings is 1. The third-order valence-corrected chi connectivity index (χ3v) is 7.10. The van der Waals surface area contributed by atoms with E-state index in [9.17, 15) is 14.7 Å². The van der Waals surface area contributed by atoms with Crippen LogP contribution < -0.4 is 9.47 Å². The van der Waals surface area contributed by atoms with Crippen molar-refractivity contribution in [1.29, 1.82) is 0 Å². The molecule has 40 heavy (non-hydrogen) atoms. The van der Waals surface area contributed by atoms with Gasteiger partial charge in [0.25, 0.3) is 11.7 Å². The van der Waals surface area contributed by atoms with E-state index >= 15 is 0 Å². The number of aromatic nitrogens is 4. The van der Waals surface area contributed by atoms with Gasteiger partial charge < -0.3 is 24.0 Å². The Morgan fingerprint density at radius 2 is 1.93 bits per heavy atom. The van der Waals surface area contributed by atoms with Crippen LogP contribution in [0.25, 0.3) is 11.4 Å². The zero-order valence-corrected chi connectivity index (χ0v) is 22.9. The second-order valence-corrected chi connectivity index (χ2v) is 9.73. The number of hydrogen-bond acceptors (Lipinski definition) is 7. The molecule has 4 aromatic rings. The molecular weight excluding hydrogens is 510 g/mol. The van der Waals surface area contributed by atoms with E-state index in [1.54, 1.807) is 49.3 Å². The van der Waals surface area contributed by atoms with Crippen molar-refractivity contribution in [3.63, 3.8) is 0 Å². The molecule has 1 fully saturated rings. The highest BCUT2D eigenvalue weighted by molar-refractivity contribution is 6.46. The molecule has 1 unspecified atom stereocenters. The van der Waals surface area contributed by atoms with Gasteiger partial charge in [0.05, 0.1) is 37.4 Å². The SMILES string of the molecule is CCCCOc1ccc(C2/C(=C(\O)c3c(C)nc4ccccn34)C(=O)C(=O)N2CCCn2ccnc2)cc1OC. The van der Waals surface area contributed by atoms with Crippen molar-refractivity contribution in [1.82, 2.24) is 23.8 Å². The summed E-state index contributed by atoms with van der Waals surface area (Å²) in [5, 5.41) is 11.7. The smallest absolute Gasteiger partial charge is 0.295 e. The fourth-order valence-electron chi connectivity index (χ4n) is 5.13. The molecule has 1 aliphatic rings. The van der Waals surface area contributed by atoms with Crippen LogP contribution >= 0.6 is 0 Å². The van der Waals surface area contributed by atoms with Crippen LogP contribution in [0.15, 0.2) is 66.9 Å². The lowest BCUT2D eigenvalue weighted by molar-refractivity contribution is -0.139. The molecule has 10 heteroatoms. The van der Waals surface area contributed by atoms with Crippen molar-refractivity contribution < 1.29 is 24.2 Å². The van der Waals surface area contributed by atoms with Gasteiger partial charge in [0.15, 0.2) is 17.3 Å². The van der Waals surface area contributed by atoms with Crippen molar-refractivity contribution >= 4 is 23.1 Å². The van der Waals surface area contributed by atoms with E-state index in [1.807, 2.05) is 35.0 Å². The molecule has 1 amide bonds. The first-order valence-electron chi connectivity index (χ1n) is 13.4. The third-order valence-electron chi connectivity index (χ3n) is 7.10. The Kier molecular flexibility index (Phi) is 7.86. The number of rotatable bonds is 11. The molecule has 0 saturated carbocycles. The topological polar surface area (TPSA) is 111 Å². The summed E-state index contributed by atoms with van der Waals surface area (Å²) in [6.07, 6.45) is 9.51.